The van der Waals surface area contributed by atoms with Crippen molar-refractivity contribution in [3.8, 4) is 0 Å². The summed E-state index contributed by atoms with van der Waals surface area (Å²) in [4.78, 5) is 11.5. The van der Waals surface area contributed by atoms with E-state index in [1.807, 2.05) is 0 Å². The molecule has 0 unspecified atom stereocenters. The highest BCUT2D eigenvalue weighted by Gasteiger charge is 2.02. The van der Waals surface area contributed by atoms with E-state index in [1.54, 1.807) is 0 Å². The molecule has 120 valence electrons. The first-order valence-electron chi connectivity index (χ1n) is 8.52. The minimum atomic E-state index is -0.0201. The Balaban J connectivity index is 3.12. The van der Waals surface area contributed by atoms with Crippen LogP contribution in [0, 0.1) is 0 Å². The van der Waals surface area contributed by atoms with Crippen molar-refractivity contribution in [2.75, 3.05) is 12.5 Å². The summed E-state index contributed by atoms with van der Waals surface area (Å²) in [6.45, 7) is 2.82. The van der Waals surface area contributed by atoms with Crippen LogP contribution >= 0.6 is 11.6 Å². The summed E-state index contributed by atoms with van der Waals surface area (Å²) in [5.41, 5.74) is 0. The highest BCUT2D eigenvalue weighted by molar-refractivity contribution is 6.17. The van der Waals surface area contributed by atoms with Crippen molar-refractivity contribution in [1.82, 2.24) is 0 Å². The Labute approximate surface area is 130 Å². The molecule has 20 heavy (non-hydrogen) atoms. The van der Waals surface area contributed by atoms with E-state index in [9.17, 15) is 4.79 Å². The Morgan fingerprint density at radius 1 is 0.800 bits per heavy atom. The van der Waals surface area contributed by atoms with Crippen LogP contribution in [0.15, 0.2) is 0 Å². The minimum absolute atomic E-state index is 0.0201. The van der Waals surface area contributed by atoms with E-state index in [-0.39, 0.29) is 5.97 Å². The first-order chi connectivity index (χ1) is 9.81. The second kappa shape index (κ2) is 16.8. The van der Waals surface area contributed by atoms with E-state index in [4.69, 9.17) is 16.3 Å². The molecular formula is C17H33ClO2. The number of alkyl halides is 1. The first-order valence-corrected chi connectivity index (χ1v) is 9.06. The molecule has 3 heteroatoms. The third-order valence-electron chi connectivity index (χ3n) is 3.53. The maximum atomic E-state index is 11.5. The average molecular weight is 305 g/mol. The van der Waals surface area contributed by atoms with Crippen molar-refractivity contribution in [2.45, 2.75) is 90.4 Å². The summed E-state index contributed by atoms with van der Waals surface area (Å²) in [7, 11) is 0. The topological polar surface area (TPSA) is 26.3 Å². The predicted molar refractivity (Wildman–Crippen MR) is 87.4 cm³/mol. The maximum absolute atomic E-state index is 11.5. The van der Waals surface area contributed by atoms with Crippen molar-refractivity contribution in [1.29, 1.82) is 0 Å². The second-order valence-corrected chi connectivity index (χ2v) is 5.93. The Hall–Kier alpha value is -0.240. The van der Waals surface area contributed by atoms with E-state index in [0.717, 1.165) is 44.4 Å². The van der Waals surface area contributed by atoms with Gasteiger partial charge in [-0.15, -0.1) is 11.6 Å². The van der Waals surface area contributed by atoms with Gasteiger partial charge in [-0.1, -0.05) is 64.7 Å². The zero-order chi connectivity index (χ0) is 14.9. The molecule has 0 fully saturated rings. The van der Waals surface area contributed by atoms with Crippen molar-refractivity contribution >= 4 is 17.6 Å². The predicted octanol–water partition coefficient (Wildman–Crippen LogP) is 5.86. The van der Waals surface area contributed by atoms with Crippen LogP contribution in [-0.4, -0.2) is 18.5 Å². The van der Waals surface area contributed by atoms with Gasteiger partial charge in [0.2, 0.25) is 0 Å². The lowest BCUT2D eigenvalue weighted by atomic mass is 10.1. The average Bonchev–Trinajstić information content (AvgIpc) is 2.45. The van der Waals surface area contributed by atoms with Crippen LogP contribution in [0.5, 0.6) is 0 Å². The molecule has 0 radical (unpaired) electrons. The lowest BCUT2D eigenvalue weighted by molar-refractivity contribution is -0.143. The smallest absolute Gasteiger partial charge is 0.305 e. The number of ether oxygens (including phenoxy) is 1. The van der Waals surface area contributed by atoms with Crippen molar-refractivity contribution < 1.29 is 9.53 Å². The summed E-state index contributed by atoms with van der Waals surface area (Å²) in [5.74, 6) is 0.714. The van der Waals surface area contributed by atoms with Gasteiger partial charge in [0.15, 0.2) is 0 Å². The van der Waals surface area contributed by atoms with Crippen LogP contribution < -0.4 is 0 Å². The zero-order valence-electron chi connectivity index (χ0n) is 13.3. The quantitative estimate of drug-likeness (QED) is 0.215. The van der Waals surface area contributed by atoms with Gasteiger partial charge in [0.25, 0.3) is 0 Å². The molecule has 0 saturated heterocycles. The molecule has 2 nitrogen and oxygen atoms in total. The van der Waals surface area contributed by atoms with Crippen molar-refractivity contribution in [2.24, 2.45) is 0 Å². The zero-order valence-corrected chi connectivity index (χ0v) is 14.1. The molecule has 0 bridgehead atoms. The fourth-order valence-electron chi connectivity index (χ4n) is 2.21. The van der Waals surface area contributed by atoms with E-state index in [0.29, 0.717) is 13.0 Å². The summed E-state index contributed by atoms with van der Waals surface area (Å²) < 4.78 is 5.21. The number of carbonyl (C=O) groups excluding carboxylic acids is 1. The van der Waals surface area contributed by atoms with Gasteiger partial charge in [-0.2, -0.15) is 0 Å². The summed E-state index contributed by atoms with van der Waals surface area (Å²) in [6.07, 6.45) is 15.0. The van der Waals surface area contributed by atoms with E-state index in [1.165, 1.54) is 38.5 Å². The van der Waals surface area contributed by atoms with Crippen LogP contribution in [-0.2, 0) is 9.53 Å². The van der Waals surface area contributed by atoms with Gasteiger partial charge < -0.3 is 4.74 Å². The van der Waals surface area contributed by atoms with Crippen LogP contribution in [0.3, 0.4) is 0 Å². The molecule has 0 spiro atoms. The van der Waals surface area contributed by atoms with E-state index >= 15 is 0 Å². The number of hydrogen-bond acceptors (Lipinski definition) is 2. The number of esters is 1. The van der Waals surface area contributed by atoms with Crippen molar-refractivity contribution in [3.05, 3.63) is 0 Å². The maximum Gasteiger partial charge on any atom is 0.305 e. The second-order valence-electron chi connectivity index (χ2n) is 5.55. The largest absolute Gasteiger partial charge is 0.466 e. The molecule has 0 aliphatic carbocycles. The highest BCUT2D eigenvalue weighted by atomic mass is 35.5. The normalized spacial score (nSPS) is 10.7. The molecule has 0 atom stereocenters. The summed E-state index contributed by atoms with van der Waals surface area (Å²) >= 11 is 5.60. The van der Waals surface area contributed by atoms with Crippen LogP contribution in [0.2, 0.25) is 0 Å². The molecular weight excluding hydrogens is 272 g/mol. The molecule has 0 amide bonds. The molecule has 0 aromatic heterocycles. The van der Waals surface area contributed by atoms with Gasteiger partial charge in [0.05, 0.1) is 6.61 Å². The Morgan fingerprint density at radius 3 is 2.00 bits per heavy atom. The molecule has 0 rings (SSSR count). The van der Waals surface area contributed by atoms with Gasteiger partial charge in [-0.3, -0.25) is 4.79 Å². The Kier molecular flexibility index (Phi) is 16.6. The van der Waals surface area contributed by atoms with Crippen LogP contribution in [0.4, 0.5) is 0 Å². The Bertz CT molecular complexity index is 207. The Morgan fingerprint density at radius 2 is 1.35 bits per heavy atom. The van der Waals surface area contributed by atoms with E-state index in [2.05, 4.69) is 6.92 Å². The third kappa shape index (κ3) is 15.8. The lowest BCUT2D eigenvalue weighted by Gasteiger charge is -2.05. The lowest BCUT2D eigenvalue weighted by Crippen LogP contribution is -2.05. The highest BCUT2D eigenvalue weighted by Crippen LogP contribution is 2.10. The van der Waals surface area contributed by atoms with E-state index < -0.39 is 0 Å². The molecule has 0 aliphatic heterocycles. The molecule has 0 saturated carbocycles. The minimum Gasteiger partial charge on any atom is -0.466 e. The molecule has 0 heterocycles. The molecule has 0 aromatic carbocycles. The number of hydrogen-bond donors (Lipinski definition) is 0. The standard InChI is InChI=1S/C17H33ClO2/c1-2-3-4-5-6-7-8-11-14-17(19)20-16-13-10-9-12-15-18/h2-16H2,1H3. The van der Waals surface area contributed by atoms with Gasteiger partial charge in [-0.05, 0) is 19.3 Å². The SMILES string of the molecule is CCCCCCCCCCC(=O)OCCCCCCCl. The number of halogens is 1. The monoisotopic (exact) mass is 304 g/mol. The first kappa shape index (κ1) is 19.8. The number of rotatable bonds is 15. The number of carbonyl (C=O) groups is 1. The van der Waals surface area contributed by atoms with Gasteiger partial charge >= 0.3 is 5.97 Å². The van der Waals surface area contributed by atoms with Crippen LogP contribution in [0.1, 0.15) is 90.4 Å². The fourth-order valence-corrected chi connectivity index (χ4v) is 2.40. The van der Waals surface area contributed by atoms with Crippen LogP contribution in [0.25, 0.3) is 0 Å². The summed E-state index contributed by atoms with van der Waals surface area (Å²) in [5, 5.41) is 0. The molecule has 0 N–H and O–H groups in total. The third-order valence-corrected chi connectivity index (χ3v) is 3.79. The molecule has 0 aromatic rings. The summed E-state index contributed by atoms with van der Waals surface area (Å²) in [6, 6.07) is 0. The van der Waals surface area contributed by atoms with Gasteiger partial charge in [0, 0.05) is 12.3 Å². The van der Waals surface area contributed by atoms with Crippen molar-refractivity contribution in [3.63, 3.8) is 0 Å². The fraction of sp³-hybridized carbons (Fsp3) is 0.941. The number of unbranched alkanes of at least 4 members (excludes halogenated alkanes) is 10. The van der Waals surface area contributed by atoms with Gasteiger partial charge in [-0.25, -0.2) is 0 Å². The van der Waals surface area contributed by atoms with Gasteiger partial charge in [0.1, 0.15) is 0 Å². The molecule has 0 aliphatic rings.